The van der Waals surface area contributed by atoms with Crippen molar-refractivity contribution < 1.29 is 4.42 Å². The quantitative estimate of drug-likeness (QED) is 0.170. The molecule has 0 spiro atoms. The van der Waals surface area contributed by atoms with Crippen LogP contribution in [0, 0.1) is 0 Å². The van der Waals surface area contributed by atoms with Gasteiger partial charge >= 0.3 is 0 Å². The maximum Gasteiger partial charge on any atom is 0.164 e. The Kier molecular flexibility index (Phi) is 6.52. The van der Waals surface area contributed by atoms with Gasteiger partial charge in [0.15, 0.2) is 17.5 Å². The highest BCUT2D eigenvalue weighted by Crippen LogP contribution is 2.43. The maximum atomic E-state index is 6.43. The molecule has 11 aromatic rings. The number of fused-ring (bicyclic) bond motifs is 3. The largest absolute Gasteiger partial charge is 0.455 e. The van der Waals surface area contributed by atoms with Gasteiger partial charge in [0.1, 0.15) is 11.2 Å². The van der Waals surface area contributed by atoms with Crippen LogP contribution in [0.3, 0.4) is 0 Å². The summed E-state index contributed by atoms with van der Waals surface area (Å²) in [6.07, 6.45) is 0. The van der Waals surface area contributed by atoms with Crippen LogP contribution in [0.15, 0.2) is 180 Å². The van der Waals surface area contributed by atoms with Gasteiger partial charge < -0.3 is 4.42 Å². The fraction of sp³-hybridized carbons (Fsp3) is 0. The van der Waals surface area contributed by atoms with Crippen molar-refractivity contribution in [2.24, 2.45) is 0 Å². The van der Waals surface area contributed by atoms with Crippen molar-refractivity contribution in [3.63, 3.8) is 0 Å². The third-order valence-corrected chi connectivity index (χ3v) is 10.5. The van der Waals surface area contributed by atoms with E-state index in [9.17, 15) is 0 Å². The minimum Gasteiger partial charge on any atom is -0.455 e. The zero-order valence-corrected chi connectivity index (χ0v) is 28.5. The summed E-state index contributed by atoms with van der Waals surface area (Å²) in [5.41, 5.74) is 9.27. The summed E-state index contributed by atoms with van der Waals surface area (Å²) in [5, 5.41) is 9.44. The van der Waals surface area contributed by atoms with E-state index in [0.29, 0.717) is 17.5 Å². The maximum absolute atomic E-state index is 6.43. The van der Waals surface area contributed by atoms with Crippen LogP contribution < -0.4 is 0 Å². The fourth-order valence-corrected chi connectivity index (χ4v) is 8.01. The van der Waals surface area contributed by atoms with Gasteiger partial charge in [-0.25, -0.2) is 15.0 Å². The molecule has 2 heterocycles. The summed E-state index contributed by atoms with van der Waals surface area (Å²) in [6.45, 7) is 0. The normalized spacial score (nSPS) is 11.8. The second-order valence-corrected chi connectivity index (χ2v) is 13.5. The van der Waals surface area contributed by atoms with Crippen molar-refractivity contribution in [1.82, 2.24) is 15.0 Å². The predicted molar refractivity (Wildman–Crippen MR) is 218 cm³/mol. The Balaban J connectivity index is 1.10. The van der Waals surface area contributed by atoms with Crippen LogP contribution in [-0.4, -0.2) is 15.0 Å². The summed E-state index contributed by atoms with van der Waals surface area (Å²) in [4.78, 5) is 15.1. The first-order chi connectivity index (χ1) is 26.3. The van der Waals surface area contributed by atoms with Crippen LogP contribution in [0.4, 0.5) is 0 Å². The molecule has 0 fully saturated rings. The lowest BCUT2D eigenvalue weighted by atomic mass is 9.88. The van der Waals surface area contributed by atoms with Crippen molar-refractivity contribution >= 4 is 54.3 Å². The highest BCUT2D eigenvalue weighted by atomic mass is 16.3. The highest BCUT2D eigenvalue weighted by molar-refractivity contribution is 6.27. The van der Waals surface area contributed by atoms with Gasteiger partial charge in [0, 0.05) is 33.0 Å². The molecule has 0 saturated carbocycles. The van der Waals surface area contributed by atoms with Crippen LogP contribution in [0.5, 0.6) is 0 Å². The van der Waals surface area contributed by atoms with E-state index in [1.165, 1.54) is 32.5 Å². The zero-order chi connectivity index (χ0) is 34.9. The van der Waals surface area contributed by atoms with E-state index in [4.69, 9.17) is 19.4 Å². The lowest BCUT2D eigenvalue weighted by Crippen LogP contribution is -2.00. The third-order valence-electron chi connectivity index (χ3n) is 10.5. The Morgan fingerprint density at radius 3 is 1.53 bits per heavy atom. The Morgan fingerprint density at radius 2 is 0.830 bits per heavy atom. The van der Waals surface area contributed by atoms with E-state index >= 15 is 0 Å². The molecule has 0 aliphatic carbocycles. The second kappa shape index (κ2) is 11.7. The Labute approximate surface area is 305 Å². The number of furan rings is 1. The van der Waals surface area contributed by atoms with E-state index in [1.807, 2.05) is 72.8 Å². The predicted octanol–water partition coefficient (Wildman–Crippen LogP) is 13.0. The van der Waals surface area contributed by atoms with Crippen molar-refractivity contribution in [3.8, 4) is 56.4 Å². The van der Waals surface area contributed by atoms with Crippen LogP contribution in [0.1, 0.15) is 0 Å². The summed E-state index contributed by atoms with van der Waals surface area (Å²) in [6, 6.07) is 61.6. The number of nitrogens with zero attached hydrogens (tertiary/aromatic N) is 3. The summed E-state index contributed by atoms with van der Waals surface area (Å²) in [5.74, 6) is 1.96. The lowest BCUT2D eigenvalue weighted by molar-refractivity contribution is 0.670. The smallest absolute Gasteiger partial charge is 0.164 e. The van der Waals surface area contributed by atoms with Gasteiger partial charge in [-0.05, 0) is 67.2 Å². The first-order valence-corrected chi connectivity index (χ1v) is 17.9. The van der Waals surface area contributed by atoms with Crippen LogP contribution in [0.25, 0.3) is 111 Å². The average molecular weight is 676 g/mol. The average Bonchev–Trinajstić information content (AvgIpc) is 3.62. The molecule has 0 unspecified atom stereocenters. The van der Waals surface area contributed by atoms with Gasteiger partial charge in [-0.1, -0.05) is 158 Å². The zero-order valence-electron chi connectivity index (χ0n) is 28.5. The molecule has 0 N–H and O–H groups in total. The molecule has 53 heavy (non-hydrogen) atoms. The summed E-state index contributed by atoms with van der Waals surface area (Å²) in [7, 11) is 0. The first kappa shape index (κ1) is 29.5. The van der Waals surface area contributed by atoms with Crippen molar-refractivity contribution in [2.75, 3.05) is 0 Å². The number of hydrogen-bond donors (Lipinski definition) is 0. The Hall–Kier alpha value is -7.17. The van der Waals surface area contributed by atoms with Crippen LogP contribution in [-0.2, 0) is 0 Å². The van der Waals surface area contributed by atoms with Crippen LogP contribution in [0.2, 0.25) is 0 Å². The molecular weight excluding hydrogens is 647 g/mol. The topological polar surface area (TPSA) is 51.8 Å². The molecule has 0 radical (unpaired) electrons. The molecule has 4 nitrogen and oxygen atoms in total. The standard InChI is InChI=1S/C49H29N3O/c1-3-11-32(12-4-1)47-50-48(33-13-5-2-6-14-33)52-49(51-47)42-28-24-31-22-26-39-36(25-21-30-23-27-40(42)45(31)44(30)39)34-15-9-16-35(29-34)37-18-10-19-41-38-17-7-8-20-43(38)53-46(37)41/h1-29H. The van der Waals surface area contributed by atoms with E-state index in [1.54, 1.807) is 0 Å². The van der Waals surface area contributed by atoms with Gasteiger partial charge in [0.2, 0.25) is 0 Å². The molecule has 9 aromatic carbocycles. The molecule has 0 saturated heterocycles. The van der Waals surface area contributed by atoms with Crippen molar-refractivity contribution in [2.45, 2.75) is 0 Å². The van der Waals surface area contributed by atoms with Crippen molar-refractivity contribution in [1.29, 1.82) is 0 Å². The number of aromatic nitrogens is 3. The van der Waals surface area contributed by atoms with E-state index in [-0.39, 0.29) is 0 Å². The first-order valence-electron chi connectivity index (χ1n) is 17.9. The number of hydrogen-bond acceptors (Lipinski definition) is 4. The SMILES string of the molecule is c1ccc(-c2nc(-c3ccccc3)nc(-c3ccc4ccc5c(-c6cccc(-c7cccc8c7oc7ccccc78)c6)ccc6ccc3c4c65)n2)cc1. The Bertz CT molecular complexity index is 3110. The van der Waals surface area contributed by atoms with Gasteiger partial charge in [-0.15, -0.1) is 0 Å². The van der Waals surface area contributed by atoms with Gasteiger partial charge in [-0.2, -0.15) is 0 Å². The third kappa shape index (κ3) is 4.73. The minimum atomic E-state index is 0.653. The Morgan fingerprint density at radius 1 is 0.321 bits per heavy atom. The molecule has 0 amide bonds. The van der Waals surface area contributed by atoms with Crippen LogP contribution >= 0.6 is 0 Å². The molecule has 246 valence electrons. The summed E-state index contributed by atoms with van der Waals surface area (Å²) < 4.78 is 6.43. The van der Waals surface area contributed by atoms with Gasteiger partial charge in [-0.3, -0.25) is 0 Å². The molecule has 0 atom stereocenters. The molecule has 0 aliphatic heterocycles. The monoisotopic (exact) mass is 675 g/mol. The van der Waals surface area contributed by atoms with Gasteiger partial charge in [0.05, 0.1) is 0 Å². The lowest BCUT2D eigenvalue weighted by Gasteiger charge is -2.17. The number of para-hydroxylation sites is 2. The number of rotatable bonds is 5. The molecule has 2 aromatic heterocycles. The van der Waals surface area contributed by atoms with E-state index < -0.39 is 0 Å². The molecule has 0 aliphatic rings. The van der Waals surface area contributed by atoms with E-state index in [2.05, 4.69) is 103 Å². The second-order valence-electron chi connectivity index (χ2n) is 13.5. The molecule has 4 heteroatoms. The molecule has 0 bridgehead atoms. The van der Waals surface area contributed by atoms with Crippen molar-refractivity contribution in [3.05, 3.63) is 176 Å². The molecule has 11 rings (SSSR count). The fourth-order valence-electron chi connectivity index (χ4n) is 8.01. The highest BCUT2D eigenvalue weighted by Gasteiger charge is 2.19. The molecular formula is C49H29N3O. The minimum absolute atomic E-state index is 0.653. The van der Waals surface area contributed by atoms with E-state index in [0.717, 1.165) is 60.7 Å². The van der Waals surface area contributed by atoms with Gasteiger partial charge in [0.25, 0.3) is 0 Å². The summed E-state index contributed by atoms with van der Waals surface area (Å²) >= 11 is 0. The number of benzene rings is 9.